The summed E-state index contributed by atoms with van der Waals surface area (Å²) in [5.74, 6) is 0. The van der Waals surface area contributed by atoms with Crippen molar-refractivity contribution in [3.8, 4) is 0 Å². The van der Waals surface area contributed by atoms with Gasteiger partial charge in [0.2, 0.25) is 0 Å². The van der Waals surface area contributed by atoms with Crippen molar-refractivity contribution < 1.29 is 13.6 Å². The van der Waals surface area contributed by atoms with Crippen LogP contribution in [0.3, 0.4) is 0 Å². The van der Waals surface area contributed by atoms with Crippen LogP contribution in [-0.4, -0.2) is 6.61 Å². The maximum Gasteiger partial charge on any atom is 0.333 e. The SMILES string of the molecule is CCC(C)(C)CCOP(OCc1ccccc1)OCc1ccccc1. The first kappa shape index (κ1) is 20.1. The number of hydrogen-bond donors (Lipinski definition) is 0. The van der Waals surface area contributed by atoms with Gasteiger partial charge in [-0.05, 0) is 23.0 Å². The highest BCUT2D eigenvalue weighted by Gasteiger charge is 2.18. The smallest absolute Gasteiger partial charge is 0.312 e. The van der Waals surface area contributed by atoms with E-state index in [2.05, 4.69) is 20.8 Å². The fourth-order valence-electron chi connectivity index (χ4n) is 2.09. The molecule has 0 N–H and O–H groups in total. The Balaban J connectivity index is 1.85. The van der Waals surface area contributed by atoms with E-state index < -0.39 is 8.60 Å². The van der Waals surface area contributed by atoms with Crippen LogP contribution in [0.4, 0.5) is 0 Å². The van der Waals surface area contributed by atoms with E-state index in [-0.39, 0.29) is 5.41 Å². The molecule has 0 aliphatic rings. The second-order valence-corrected chi connectivity index (χ2v) is 8.06. The van der Waals surface area contributed by atoms with E-state index >= 15 is 0 Å². The Labute approximate surface area is 153 Å². The molecule has 25 heavy (non-hydrogen) atoms. The average Bonchev–Trinajstić information content (AvgIpc) is 2.65. The van der Waals surface area contributed by atoms with Crippen LogP contribution in [0.1, 0.15) is 44.7 Å². The predicted molar refractivity (Wildman–Crippen MR) is 104 cm³/mol. The third-order valence-electron chi connectivity index (χ3n) is 4.29. The summed E-state index contributed by atoms with van der Waals surface area (Å²) in [7, 11) is -1.37. The van der Waals surface area contributed by atoms with Crippen LogP contribution in [0, 0.1) is 5.41 Å². The van der Waals surface area contributed by atoms with Gasteiger partial charge >= 0.3 is 8.60 Å². The van der Waals surface area contributed by atoms with Crippen LogP contribution in [0.5, 0.6) is 0 Å². The van der Waals surface area contributed by atoms with Crippen molar-refractivity contribution in [3.05, 3.63) is 71.8 Å². The number of rotatable bonds is 11. The standard InChI is InChI=1S/C21H29O3P/c1-4-21(2,3)15-16-22-25(23-17-19-11-7-5-8-12-19)24-18-20-13-9-6-10-14-20/h5-14H,4,15-18H2,1-3H3. The summed E-state index contributed by atoms with van der Waals surface area (Å²) in [5, 5.41) is 0. The van der Waals surface area contributed by atoms with Gasteiger partial charge in [-0.25, -0.2) is 0 Å². The molecule has 0 spiro atoms. The van der Waals surface area contributed by atoms with Crippen molar-refractivity contribution in [3.63, 3.8) is 0 Å². The first-order chi connectivity index (χ1) is 12.1. The lowest BCUT2D eigenvalue weighted by atomic mass is 9.87. The minimum Gasteiger partial charge on any atom is -0.312 e. The van der Waals surface area contributed by atoms with Gasteiger partial charge in [-0.3, -0.25) is 0 Å². The summed E-state index contributed by atoms with van der Waals surface area (Å²) in [4.78, 5) is 0. The summed E-state index contributed by atoms with van der Waals surface area (Å²) in [6, 6.07) is 20.2. The Hall–Kier alpha value is -1.25. The van der Waals surface area contributed by atoms with Crippen molar-refractivity contribution in [2.24, 2.45) is 5.41 Å². The lowest BCUT2D eigenvalue weighted by Crippen LogP contribution is -2.12. The van der Waals surface area contributed by atoms with Crippen LogP contribution < -0.4 is 0 Å². The minimum atomic E-state index is -1.37. The van der Waals surface area contributed by atoms with Crippen molar-refractivity contribution >= 4 is 8.60 Å². The van der Waals surface area contributed by atoms with Gasteiger partial charge in [-0.2, -0.15) is 0 Å². The first-order valence-corrected chi connectivity index (χ1v) is 9.95. The van der Waals surface area contributed by atoms with Crippen LogP contribution in [0.2, 0.25) is 0 Å². The van der Waals surface area contributed by atoms with Gasteiger partial charge < -0.3 is 13.6 Å². The van der Waals surface area contributed by atoms with E-state index in [1.54, 1.807) is 0 Å². The average molecular weight is 360 g/mol. The molecule has 0 atom stereocenters. The molecule has 0 aliphatic heterocycles. The molecule has 0 amide bonds. The van der Waals surface area contributed by atoms with E-state index in [0.717, 1.165) is 24.0 Å². The molecule has 0 bridgehead atoms. The molecule has 2 aromatic carbocycles. The summed E-state index contributed by atoms with van der Waals surface area (Å²) in [6.45, 7) is 8.37. The lowest BCUT2D eigenvalue weighted by molar-refractivity contribution is 0.133. The second-order valence-electron chi connectivity index (χ2n) is 6.84. The van der Waals surface area contributed by atoms with Crippen LogP contribution in [0.25, 0.3) is 0 Å². The lowest BCUT2D eigenvalue weighted by Gasteiger charge is -2.23. The van der Waals surface area contributed by atoms with Crippen LogP contribution >= 0.6 is 8.60 Å². The molecular formula is C21H29O3P. The Morgan fingerprint density at radius 2 is 1.24 bits per heavy atom. The third-order valence-corrected chi connectivity index (χ3v) is 5.36. The molecule has 0 fully saturated rings. The highest BCUT2D eigenvalue weighted by molar-refractivity contribution is 7.41. The van der Waals surface area contributed by atoms with Gasteiger partial charge in [0, 0.05) is 0 Å². The van der Waals surface area contributed by atoms with E-state index in [1.807, 2.05) is 60.7 Å². The summed E-state index contributed by atoms with van der Waals surface area (Å²) < 4.78 is 17.8. The van der Waals surface area contributed by atoms with E-state index in [4.69, 9.17) is 13.6 Å². The molecule has 136 valence electrons. The molecule has 0 aromatic heterocycles. The largest absolute Gasteiger partial charge is 0.333 e. The topological polar surface area (TPSA) is 27.7 Å². The van der Waals surface area contributed by atoms with Crippen molar-refractivity contribution in [2.75, 3.05) is 6.61 Å². The quantitative estimate of drug-likeness (QED) is 0.429. The zero-order chi connectivity index (χ0) is 18.0. The molecule has 0 saturated carbocycles. The number of hydrogen-bond acceptors (Lipinski definition) is 3. The number of benzene rings is 2. The summed E-state index contributed by atoms with van der Waals surface area (Å²) >= 11 is 0. The van der Waals surface area contributed by atoms with Gasteiger partial charge in [0.1, 0.15) is 0 Å². The fraction of sp³-hybridized carbons (Fsp3) is 0.429. The zero-order valence-electron chi connectivity index (χ0n) is 15.5. The molecule has 3 nitrogen and oxygen atoms in total. The Kier molecular flexibility index (Phi) is 8.57. The monoisotopic (exact) mass is 360 g/mol. The maximum absolute atomic E-state index is 5.94. The Morgan fingerprint density at radius 1 is 0.760 bits per heavy atom. The molecule has 0 unspecified atom stereocenters. The van der Waals surface area contributed by atoms with Crippen molar-refractivity contribution in [2.45, 2.75) is 46.8 Å². The summed E-state index contributed by atoms with van der Waals surface area (Å²) in [5.41, 5.74) is 2.52. The van der Waals surface area contributed by atoms with Gasteiger partial charge in [0.15, 0.2) is 0 Å². The zero-order valence-corrected chi connectivity index (χ0v) is 16.4. The first-order valence-electron chi connectivity index (χ1n) is 8.86. The van der Waals surface area contributed by atoms with Gasteiger partial charge in [-0.1, -0.05) is 87.9 Å². The minimum absolute atomic E-state index is 0.278. The molecule has 0 saturated heterocycles. The van der Waals surface area contributed by atoms with Gasteiger partial charge in [0.25, 0.3) is 0 Å². The van der Waals surface area contributed by atoms with Crippen molar-refractivity contribution in [1.82, 2.24) is 0 Å². The summed E-state index contributed by atoms with van der Waals surface area (Å²) in [6.07, 6.45) is 2.12. The van der Waals surface area contributed by atoms with Crippen LogP contribution in [0.15, 0.2) is 60.7 Å². The molecule has 2 aromatic rings. The highest BCUT2D eigenvalue weighted by atomic mass is 31.2. The molecule has 0 aliphatic carbocycles. The van der Waals surface area contributed by atoms with E-state index in [9.17, 15) is 0 Å². The van der Waals surface area contributed by atoms with Gasteiger partial charge in [0.05, 0.1) is 19.8 Å². The van der Waals surface area contributed by atoms with E-state index in [1.165, 1.54) is 0 Å². The van der Waals surface area contributed by atoms with Gasteiger partial charge in [-0.15, -0.1) is 0 Å². The third kappa shape index (κ3) is 8.11. The fourth-order valence-corrected chi connectivity index (χ4v) is 3.06. The molecule has 0 radical (unpaired) electrons. The molecule has 2 rings (SSSR count). The molecule has 0 heterocycles. The van der Waals surface area contributed by atoms with Crippen LogP contribution in [-0.2, 0) is 26.8 Å². The normalized spacial score (nSPS) is 11.8. The molecular weight excluding hydrogens is 331 g/mol. The van der Waals surface area contributed by atoms with E-state index in [0.29, 0.717) is 19.8 Å². The molecule has 4 heteroatoms. The Bertz CT molecular complexity index is 543. The van der Waals surface area contributed by atoms with Crippen molar-refractivity contribution in [1.29, 1.82) is 0 Å². The Morgan fingerprint density at radius 3 is 1.68 bits per heavy atom. The predicted octanol–water partition coefficient (Wildman–Crippen LogP) is 6.49. The second kappa shape index (κ2) is 10.7. The highest BCUT2D eigenvalue weighted by Crippen LogP contribution is 2.42. The maximum atomic E-state index is 5.94.